The molecule has 1 amide bonds. The molecule has 0 spiro atoms. The normalized spacial score (nSPS) is 16.9. The Bertz CT molecular complexity index is 1010. The van der Waals surface area contributed by atoms with Crippen molar-refractivity contribution in [3.8, 4) is 0 Å². The number of alkyl halides is 3. The Kier molecular flexibility index (Phi) is 4.74. The molecule has 4 rings (SSSR count). The molecule has 0 radical (unpaired) electrons. The molecule has 1 aromatic heterocycles. The van der Waals surface area contributed by atoms with Crippen LogP contribution in [0.1, 0.15) is 28.4 Å². The van der Waals surface area contributed by atoms with Crippen LogP contribution in [0, 0.1) is 0 Å². The molecule has 0 fully saturated rings. The smallest absolute Gasteiger partial charge is 0.330 e. The summed E-state index contributed by atoms with van der Waals surface area (Å²) >= 11 is 3.43. The molecule has 1 aliphatic heterocycles. The number of nitrogens with zero attached hydrogens (tertiary/aromatic N) is 3. The number of imidazole rings is 1. The van der Waals surface area contributed by atoms with Gasteiger partial charge in [-0.1, -0.05) is 40.2 Å². The van der Waals surface area contributed by atoms with Crippen LogP contribution in [0.3, 0.4) is 0 Å². The van der Waals surface area contributed by atoms with Gasteiger partial charge >= 0.3 is 6.18 Å². The first-order valence-electron chi connectivity index (χ1n) is 8.54. The quantitative estimate of drug-likeness (QED) is 0.576. The zero-order valence-corrected chi connectivity index (χ0v) is 16.1. The van der Waals surface area contributed by atoms with E-state index in [2.05, 4.69) is 20.9 Å². The van der Waals surface area contributed by atoms with Crippen molar-refractivity contribution < 1.29 is 18.0 Å². The van der Waals surface area contributed by atoms with Crippen LogP contribution in [-0.2, 0) is 24.1 Å². The fraction of sp³-hybridized carbons (Fsp3) is 0.200. The number of amides is 1. The van der Waals surface area contributed by atoms with E-state index in [1.807, 2.05) is 28.8 Å². The van der Waals surface area contributed by atoms with Gasteiger partial charge in [-0.3, -0.25) is 4.79 Å². The van der Waals surface area contributed by atoms with Crippen molar-refractivity contribution in [2.45, 2.75) is 25.3 Å². The molecule has 1 aliphatic rings. The van der Waals surface area contributed by atoms with Crippen LogP contribution in [0.25, 0.3) is 0 Å². The van der Waals surface area contributed by atoms with E-state index >= 15 is 0 Å². The van der Waals surface area contributed by atoms with Crippen molar-refractivity contribution in [2.75, 3.05) is 0 Å². The van der Waals surface area contributed by atoms with Gasteiger partial charge in [0.25, 0.3) is 5.91 Å². The van der Waals surface area contributed by atoms with Gasteiger partial charge in [0.1, 0.15) is 6.04 Å². The van der Waals surface area contributed by atoms with E-state index in [0.29, 0.717) is 12.1 Å². The molecular weight excluding hydrogens is 435 g/mol. The predicted octanol–water partition coefficient (Wildman–Crippen LogP) is 4.80. The maximum atomic E-state index is 13.2. The lowest BCUT2D eigenvalue weighted by atomic mass is 10.0. The topological polar surface area (TPSA) is 38.1 Å². The Hall–Kier alpha value is -2.61. The molecule has 144 valence electrons. The molecule has 2 heterocycles. The van der Waals surface area contributed by atoms with Crippen molar-refractivity contribution >= 4 is 21.8 Å². The lowest BCUT2D eigenvalue weighted by Crippen LogP contribution is -2.42. The highest BCUT2D eigenvalue weighted by Crippen LogP contribution is 2.32. The van der Waals surface area contributed by atoms with Gasteiger partial charge in [-0.2, -0.15) is 13.2 Å². The molecule has 2 aromatic carbocycles. The maximum absolute atomic E-state index is 13.2. The van der Waals surface area contributed by atoms with Crippen LogP contribution in [0.15, 0.2) is 65.5 Å². The fourth-order valence-electron chi connectivity index (χ4n) is 3.39. The van der Waals surface area contributed by atoms with Gasteiger partial charge < -0.3 is 9.47 Å². The number of benzene rings is 2. The molecule has 28 heavy (non-hydrogen) atoms. The highest BCUT2D eigenvalue weighted by atomic mass is 79.9. The third-order valence-electron chi connectivity index (χ3n) is 4.74. The minimum absolute atomic E-state index is 0.122. The van der Waals surface area contributed by atoms with Gasteiger partial charge in [0.15, 0.2) is 0 Å². The number of rotatable bonds is 3. The molecule has 0 N–H and O–H groups in total. The molecule has 4 nitrogen and oxygen atoms in total. The number of carbonyl (C=O) groups excluding carboxylic acids is 1. The average Bonchev–Trinajstić information content (AvgIpc) is 3.10. The molecule has 0 aliphatic carbocycles. The molecule has 1 atom stereocenters. The lowest BCUT2D eigenvalue weighted by Gasteiger charge is -2.34. The minimum atomic E-state index is -4.38. The third kappa shape index (κ3) is 3.56. The molecule has 3 aromatic rings. The van der Waals surface area contributed by atoms with E-state index in [1.165, 1.54) is 12.1 Å². The number of carbonyl (C=O) groups is 1. The standard InChI is InChI=1S/C20H15BrF3N3O/c21-16-3-1-2-14(8-16)18-19(28)26(11-17-9-25-12-27(17)18)10-13-4-6-15(7-5-13)20(22,23)24/h1-9,12,18H,10-11H2. The lowest BCUT2D eigenvalue weighted by molar-refractivity contribution is -0.138. The number of halogens is 4. The Morgan fingerprint density at radius 1 is 1.14 bits per heavy atom. The summed E-state index contributed by atoms with van der Waals surface area (Å²) in [6.07, 6.45) is -1.04. The Labute approximate surface area is 167 Å². The van der Waals surface area contributed by atoms with Crippen molar-refractivity contribution in [3.05, 3.63) is 87.9 Å². The Balaban J connectivity index is 1.63. The van der Waals surface area contributed by atoms with Crippen LogP contribution in [0.2, 0.25) is 0 Å². The first-order chi connectivity index (χ1) is 13.3. The van der Waals surface area contributed by atoms with Crippen LogP contribution in [0.4, 0.5) is 13.2 Å². The number of hydrogen-bond donors (Lipinski definition) is 0. The average molecular weight is 450 g/mol. The predicted molar refractivity (Wildman–Crippen MR) is 100 cm³/mol. The van der Waals surface area contributed by atoms with Crippen molar-refractivity contribution in [1.29, 1.82) is 0 Å². The summed E-state index contributed by atoms with van der Waals surface area (Å²) in [4.78, 5) is 19.0. The first kappa shape index (κ1) is 18.7. The molecular formula is C20H15BrF3N3O. The second-order valence-corrected chi connectivity index (χ2v) is 7.55. The van der Waals surface area contributed by atoms with Crippen LogP contribution < -0.4 is 0 Å². The monoisotopic (exact) mass is 449 g/mol. The van der Waals surface area contributed by atoms with Crippen molar-refractivity contribution in [2.24, 2.45) is 0 Å². The summed E-state index contributed by atoms with van der Waals surface area (Å²) in [5.74, 6) is -0.122. The van der Waals surface area contributed by atoms with Crippen molar-refractivity contribution in [1.82, 2.24) is 14.5 Å². The second-order valence-electron chi connectivity index (χ2n) is 6.64. The molecule has 0 saturated carbocycles. The van der Waals surface area contributed by atoms with E-state index in [9.17, 15) is 18.0 Å². The summed E-state index contributed by atoms with van der Waals surface area (Å²) in [7, 11) is 0. The van der Waals surface area contributed by atoms with Gasteiger partial charge in [0, 0.05) is 17.2 Å². The van der Waals surface area contributed by atoms with Crippen molar-refractivity contribution in [3.63, 3.8) is 0 Å². The summed E-state index contributed by atoms with van der Waals surface area (Å²) in [5, 5.41) is 0. The Morgan fingerprint density at radius 3 is 2.57 bits per heavy atom. The number of aromatic nitrogens is 2. The second kappa shape index (κ2) is 7.09. The summed E-state index contributed by atoms with van der Waals surface area (Å²) < 4.78 is 41.0. The summed E-state index contributed by atoms with van der Waals surface area (Å²) in [6, 6.07) is 11.8. The van der Waals surface area contributed by atoms with E-state index < -0.39 is 17.8 Å². The SMILES string of the molecule is O=C1C(c2cccc(Br)c2)n2cncc2CN1Cc1ccc(C(F)(F)F)cc1. The van der Waals surface area contributed by atoms with Crippen LogP contribution in [0.5, 0.6) is 0 Å². The zero-order chi connectivity index (χ0) is 19.9. The van der Waals surface area contributed by atoms with Gasteiger partial charge in [-0.05, 0) is 35.4 Å². The van der Waals surface area contributed by atoms with Crippen LogP contribution in [-0.4, -0.2) is 20.4 Å². The van der Waals surface area contributed by atoms with Gasteiger partial charge in [-0.15, -0.1) is 0 Å². The highest BCUT2D eigenvalue weighted by Gasteiger charge is 2.34. The van der Waals surface area contributed by atoms with E-state index in [0.717, 1.165) is 27.9 Å². The fourth-order valence-corrected chi connectivity index (χ4v) is 3.80. The minimum Gasteiger partial charge on any atom is -0.330 e. The van der Waals surface area contributed by atoms with E-state index in [1.54, 1.807) is 17.4 Å². The molecule has 0 bridgehead atoms. The Morgan fingerprint density at radius 2 is 1.89 bits per heavy atom. The van der Waals surface area contributed by atoms with E-state index in [4.69, 9.17) is 0 Å². The molecule has 0 saturated heterocycles. The maximum Gasteiger partial charge on any atom is 0.416 e. The highest BCUT2D eigenvalue weighted by molar-refractivity contribution is 9.10. The first-order valence-corrected chi connectivity index (χ1v) is 9.33. The van der Waals surface area contributed by atoms with Gasteiger partial charge in [0.05, 0.1) is 24.1 Å². The zero-order valence-electron chi connectivity index (χ0n) is 14.5. The third-order valence-corrected chi connectivity index (χ3v) is 5.24. The largest absolute Gasteiger partial charge is 0.416 e. The van der Waals surface area contributed by atoms with Gasteiger partial charge in [0.2, 0.25) is 0 Å². The van der Waals surface area contributed by atoms with Gasteiger partial charge in [-0.25, -0.2) is 4.98 Å². The number of fused-ring (bicyclic) bond motifs is 1. The summed E-state index contributed by atoms with van der Waals surface area (Å²) in [5.41, 5.74) is 1.63. The van der Waals surface area contributed by atoms with Crippen LogP contribution >= 0.6 is 15.9 Å². The molecule has 1 unspecified atom stereocenters. The number of hydrogen-bond acceptors (Lipinski definition) is 2. The summed E-state index contributed by atoms with van der Waals surface area (Å²) in [6.45, 7) is 0.580. The molecule has 8 heteroatoms. The van der Waals surface area contributed by atoms with E-state index in [-0.39, 0.29) is 12.5 Å².